The van der Waals surface area contributed by atoms with Gasteiger partial charge in [-0.3, -0.25) is 0 Å². The van der Waals surface area contributed by atoms with Crippen molar-refractivity contribution >= 4 is 17.6 Å². The lowest BCUT2D eigenvalue weighted by Gasteiger charge is -2.14. The van der Waals surface area contributed by atoms with Gasteiger partial charge in [0.2, 0.25) is 5.88 Å². The highest BCUT2D eigenvalue weighted by atomic mass is 35.5. The number of alkyl halides is 3. The average Bonchev–Trinajstić information content (AvgIpc) is 2.67. The normalized spacial score (nSPS) is 12.3. The van der Waals surface area contributed by atoms with Crippen LogP contribution >= 0.6 is 11.6 Å². The minimum Gasteiger partial charge on any atom is -0.479 e. The van der Waals surface area contributed by atoms with E-state index < -0.39 is 23.8 Å². The summed E-state index contributed by atoms with van der Waals surface area (Å²) < 4.78 is 58.9. The van der Waals surface area contributed by atoms with Gasteiger partial charge in [0.05, 0.1) is 12.2 Å². The quantitative estimate of drug-likeness (QED) is 0.414. The number of rotatable bonds is 9. The van der Waals surface area contributed by atoms with Crippen molar-refractivity contribution in [2.75, 3.05) is 19.8 Å². The van der Waals surface area contributed by atoms with E-state index in [-0.39, 0.29) is 23.3 Å². The molecule has 1 heterocycles. The molecule has 1 unspecified atom stereocenters. The van der Waals surface area contributed by atoms with Gasteiger partial charge in [0.1, 0.15) is 23.1 Å². The molecule has 0 spiro atoms. The van der Waals surface area contributed by atoms with Gasteiger partial charge in [-0.05, 0) is 44.2 Å². The number of nitrogens with zero attached hydrogens (tertiary/aromatic N) is 1. The number of ether oxygens (including phenoxy) is 4. The predicted octanol–water partition coefficient (Wildman–Crippen LogP) is 4.89. The molecule has 0 aliphatic rings. The fourth-order valence-corrected chi connectivity index (χ4v) is 2.27. The van der Waals surface area contributed by atoms with Crippen molar-refractivity contribution in [2.24, 2.45) is 0 Å². The van der Waals surface area contributed by atoms with E-state index in [1.54, 1.807) is 6.92 Å². The third-order valence-corrected chi connectivity index (χ3v) is 3.76. The summed E-state index contributed by atoms with van der Waals surface area (Å²) in [7, 11) is 0. The maximum absolute atomic E-state index is 12.6. The summed E-state index contributed by atoms with van der Waals surface area (Å²) in [6.45, 7) is 4.35. The molecule has 0 aliphatic heterocycles. The number of hydrogen-bond acceptors (Lipinski definition) is 6. The second kappa shape index (κ2) is 10.3. The van der Waals surface area contributed by atoms with E-state index in [0.717, 1.165) is 6.07 Å². The van der Waals surface area contributed by atoms with Crippen molar-refractivity contribution in [3.63, 3.8) is 0 Å². The lowest BCUT2D eigenvalue weighted by molar-refractivity contribution is -0.152. The Bertz CT molecular complexity index is 814. The highest BCUT2D eigenvalue weighted by molar-refractivity contribution is 6.31. The maximum Gasteiger partial charge on any atom is 0.417 e. The number of halogens is 4. The molecular formula is C19H19ClF3NO5. The van der Waals surface area contributed by atoms with Gasteiger partial charge >= 0.3 is 12.1 Å². The number of hydrogen-bond donors (Lipinski definition) is 0. The third kappa shape index (κ3) is 7.10. The van der Waals surface area contributed by atoms with E-state index in [9.17, 15) is 18.0 Å². The van der Waals surface area contributed by atoms with Crippen LogP contribution in [0.3, 0.4) is 0 Å². The van der Waals surface area contributed by atoms with Crippen molar-refractivity contribution in [3.05, 3.63) is 47.1 Å². The SMILES string of the molecule is CCOCCOC(=O)C(C)Oc1ccc(Oc2ncc(C(F)(F)F)cc2Cl)cc1. The molecule has 2 rings (SSSR count). The van der Waals surface area contributed by atoms with Crippen LogP contribution in [0.4, 0.5) is 13.2 Å². The molecule has 0 aliphatic carbocycles. The van der Waals surface area contributed by atoms with Crippen molar-refractivity contribution < 1.29 is 36.9 Å². The lowest BCUT2D eigenvalue weighted by atomic mass is 10.3. The molecule has 10 heteroatoms. The van der Waals surface area contributed by atoms with Gasteiger partial charge in [0.15, 0.2) is 6.10 Å². The van der Waals surface area contributed by atoms with Gasteiger partial charge in [0, 0.05) is 12.8 Å². The number of benzene rings is 1. The van der Waals surface area contributed by atoms with E-state index >= 15 is 0 Å². The lowest BCUT2D eigenvalue weighted by Crippen LogP contribution is -2.27. The highest BCUT2D eigenvalue weighted by Gasteiger charge is 2.31. The molecule has 29 heavy (non-hydrogen) atoms. The molecular weight excluding hydrogens is 415 g/mol. The molecule has 158 valence electrons. The number of pyridine rings is 1. The molecule has 0 amide bonds. The van der Waals surface area contributed by atoms with E-state index in [4.69, 9.17) is 30.5 Å². The molecule has 6 nitrogen and oxygen atoms in total. The Hall–Kier alpha value is -2.52. The van der Waals surface area contributed by atoms with E-state index in [1.807, 2.05) is 6.92 Å². The van der Waals surface area contributed by atoms with Crippen molar-refractivity contribution in [1.82, 2.24) is 4.98 Å². The number of esters is 1. The van der Waals surface area contributed by atoms with Crippen molar-refractivity contribution in [1.29, 1.82) is 0 Å². The monoisotopic (exact) mass is 433 g/mol. The first-order valence-corrected chi connectivity index (χ1v) is 9.00. The van der Waals surface area contributed by atoms with Crippen LogP contribution in [0.5, 0.6) is 17.4 Å². The van der Waals surface area contributed by atoms with Crippen LogP contribution in [0.1, 0.15) is 19.4 Å². The second-order valence-electron chi connectivity index (χ2n) is 5.71. The standard InChI is InChI=1S/C19H19ClF3NO5/c1-3-26-8-9-27-18(25)12(2)28-14-4-6-15(7-5-14)29-17-16(20)10-13(11-24-17)19(21,22)23/h4-7,10-12H,3,8-9H2,1-2H3. The first kappa shape index (κ1) is 22.8. The van der Waals surface area contributed by atoms with Gasteiger partial charge in [0.25, 0.3) is 0 Å². The molecule has 0 saturated carbocycles. The molecule has 1 aromatic heterocycles. The van der Waals surface area contributed by atoms with Gasteiger partial charge in [-0.25, -0.2) is 9.78 Å². The van der Waals surface area contributed by atoms with Crippen LogP contribution in [-0.4, -0.2) is 36.9 Å². The van der Waals surface area contributed by atoms with Crippen LogP contribution in [0.2, 0.25) is 5.02 Å². The molecule has 0 saturated heterocycles. The van der Waals surface area contributed by atoms with E-state index in [0.29, 0.717) is 25.2 Å². The zero-order chi connectivity index (χ0) is 21.4. The topological polar surface area (TPSA) is 66.9 Å². The average molecular weight is 434 g/mol. The summed E-state index contributed by atoms with van der Waals surface area (Å²) in [5.41, 5.74) is -0.972. The summed E-state index contributed by atoms with van der Waals surface area (Å²) in [6.07, 6.45) is -4.75. The van der Waals surface area contributed by atoms with Crippen molar-refractivity contribution in [2.45, 2.75) is 26.1 Å². The molecule has 0 bridgehead atoms. The highest BCUT2D eigenvalue weighted by Crippen LogP contribution is 2.34. The summed E-state index contributed by atoms with van der Waals surface area (Å²) >= 11 is 5.81. The Morgan fingerprint density at radius 3 is 2.41 bits per heavy atom. The molecule has 0 N–H and O–H groups in total. The number of aromatic nitrogens is 1. The fraction of sp³-hybridized carbons (Fsp3) is 0.368. The zero-order valence-corrected chi connectivity index (χ0v) is 16.4. The van der Waals surface area contributed by atoms with E-state index in [2.05, 4.69) is 4.98 Å². The predicted molar refractivity (Wildman–Crippen MR) is 98.3 cm³/mol. The maximum atomic E-state index is 12.6. The summed E-state index contributed by atoms with van der Waals surface area (Å²) in [5.74, 6) is -0.0538. The largest absolute Gasteiger partial charge is 0.479 e. The van der Waals surface area contributed by atoms with E-state index in [1.165, 1.54) is 24.3 Å². The Labute approximate surface area is 170 Å². The fourth-order valence-electron chi connectivity index (χ4n) is 2.07. The van der Waals surface area contributed by atoms with Crippen LogP contribution in [0.25, 0.3) is 0 Å². The van der Waals surface area contributed by atoms with Gasteiger partial charge < -0.3 is 18.9 Å². The van der Waals surface area contributed by atoms with Crippen LogP contribution < -0.4 is 9.47 Å². The smallest absolute Gasteiger partial charge is 0.417 e. The van der Waals surface area contributed by atoms with Gasteiger partial charge in [-0.2, -0.15) is 13.2 Å². The molecule has 1 atom stereocenters. The first-order chi connectivity index (χ1) is 13.7. The number of carbonyl (C=O) groups excluding carboxylic acids is 1. The summed E-state index contributed by atoms with van der Waals surface area (Å²) in [5, 5.41) is -0.274. The Morgan fingerprint density at radius 2 is 1.83 bits per heavy atom. The third-order valence-electron chi connectivity index (χ3n) is 3.49. The van der Waals surface area contributed by atoms with Crippen molar-refractivity contribution in [3.8, 4) is 17.4 Å². The minimum atomic E-state index is -4.55. The van der Waals surface area contributed by atoms with Gasteiger partial charge in [-0.15, -0.1) is 0 Å². The molecule has 2 aromatic rings. The van der Waals surface area contributed by atoms with Gasteiger partial charge in [-0.1, -0.05) is 11.6 Å². The number of carbonyl (C=O) groups is 1. The minimum absolute atomic E-state index is 0.133. The molecule has 1 aromatic carbocycles. The summed E-state index contributed by atoms with van der Waals surface area (Å²) in [4.78, 5) is 15.4. The first-order valence-electron chi connectivity index (χ1n) is 8.62. The Morgan fingerprint density at radius 1 is 1.17 bits per heavy atom. The summed E-state index contributed by atoms with van der Waals surface area (Å²) in [6, 6.07) is 6.78. The molecule has 0 radical (unpaired) electrons. The van der Waals surface area contributed by atoms with Crippen LogP contribution in [-0.2, 0) is 20.4 Å². The van der Waals surface area contributed by atoms with Crippen LogP contribution in [0, 0.1) is 0 Å². The Balaban J connectivity index is 1.92. The second-order valence-corrected chi connectivity index (χ2v) is 6.11. The van der Waals surface area contributed by atoms with Crippen LogP contribution in [0.15, 0.2) is 36.5 Å². The zero-order valence-electron chi connectivity index (χ0n) is 15.7. The Kier molecular flexibility index (Phi) is 8.10. The molecule has 0 fully saturated rings.